The first-order valence-corrected chi connectivity index (χ1v) is 11.1. The number of ether oxygens (including phenoxy) is 1. The van der Waals surface area contributed by atoms with Crippen LogP contribution in [0.3, 0.4) is 0 Å². The summed E-state index contributed by atoms with van der Waals surface area (Å²) in [7, 11) is 0. The summed E-state index contributed by atoms with van der Waals surface area (Å²) in [6.07, 6.45) is 0. The van der Waals surface area contributed by atoms with Crippen LogP contribution < -0.4 is 9.64 Å². The Bertz CT molecular complexity index is 985. The van der Waals surface area contributed by atoms with E-state index in [0.717, 1.165) is 59.1 Å². The number of hydrogen-bond donors (Lipinski definition) is 1. The summed E-state index contributed by atoms with van der Waals surface area (Å²) in [6.45, 7) is 9.14. The second-order valence-corrected chi connectivity index (χ2v) is 8.58. The molecule has 8 heteroatoms. The minimum absolute atomic E-state index is 0.190. The van der Waals surface area contributed by atoms with Crippen LogP contribution in [0, 0.1) is 6.92 Å². The Morgan fingerprint density at radius 3 is 2.52 bits per heavy atom. The number of aryl methyl sites for hydroxylation is 1. The molecular formula is C21H25ClN4O2S. The van der Waals surface area contributed by atoms with E-state index >= 15 is 0 Å². The van der Waals surface area contributed by atoms with Gasteiger partial charge in [-0.15, -0.1) is 11.3 Å². The number of piperazine rings is 1. The molecule has 1 saturated heterocycles. The number of anilines is 1. The predicted molar refractivity (Wildman–Crippen MR) is 120 cm³/mol. The number of hydrogen-bond acceptors (Lipinski definition) is 7. The Balaban J connectivity index is 1.75. The fourth-order valence-electron chi connectivity index (χ4n) is 3.85. The molecule has 1 aliphatic heterocycles. The minimum Gasteiger partial charge on any atom is -0.494 e. The second kappa shape index (κ2) is 8.83. The molecule has 0 saturated carbocycles. The Morgan fingerprint density at radius 2 is 1.86 bits per heavy atom. The van der Waals surface area contributed by atoms with E-state index in [0.29, 0.717) is 13.2 Å². The van der Waals surface area contributed by atoms with Crippen LogP contribution in [-0.4, -0.2) is 65.9 Å². The van der Waals surface area contributed by atoms with Crippen molar-refractivity contribution < 1.29 is 9.84 Å². The van der Waals surface area contributed by atoms with Crippen LogP contribution in [0.4, 0.5) is 5.82 Å². The standard InChI is InChI=1S/C21H25ClN4O2S/c1-3-28-16-6-4-15(5-7-16)17-14(2)29-20-18(17)19(23-21(22)24-20)26-10-8-25(9-11-26)12-13-27/h4-7,27H,3,8-13H2,1-2H3. The predicted octanol–water partition coefficient (Wildman–Crippen LogP) is 3.83. The molecule has 1 aromatic carbocycles. The maximum Gasteiger partial charge on any atom is 0.225 e. The summed E-state index contributed by atoms with van der Waals surface area (Å²) < 4.78 is 5.59. The summed E-state index contributed by atoms with van der Waals surface area (Å²) >= 11 is 7.93. The highest BCUT2D eigenvalue weighted by Gasteiger charge is 2.24. The van der Waals surface area contributed by atoms with Crippen molar-refractivity contribution in [3.63, 3.8) is 0 Å². The fourth-order valence-corrected chi connectivity index (χ4v) is 5.11. The van der Waals surface area contributed by atoms with Crippen LogP contribution in [0.5, 0.6) is 5.75 Å². The topological polar surface area (TPSA) is 61.7 Å². The second-order valence-electron chi connectivity index (χ2n) is 7.04. The highest BCUT2D eigenvalue weighted by Crippen LogP contribution is 2.42. The smallest absolute Gasteiger partial charge is 0.225 e. The molecule has 3 aromatic rings. The van der Waals surface area contributed by atoms with Crippen molar-refractivity contribution >= 4 is 39.0 Å². The van der Waals surface area contributed by atoms with Gasteiger partial charge in [-0.05, 0) is 43.1 Å². The number of benzene rings is 1. The number of aliphatic hydroxyl groups is 1. The van der Waals surface area contributed by atoms with Gasteiger partial charge in [0.15, 0.2) is 0 Å². The van der Waals surface area contributed by atoms with Gasteiger partial charge in [-0.3, -0.25) is 4.90 Å². The van der Waals surface area contributed by atoms with Crippen LogP contribution in [0.1, 0.15) is 11.8 Å². The number of aliphatic hydroxyl groups excluding tert-OH is 1. The molecule has 0 amide bonds. The number of thiophene rings is 1. The van der Waals surface area contributed by atoms with E-state index in [-0.39, 0.29) is 11.9 Å². The fraction of sp³-hybridized carbons (Fsp3) is 0.429. The van der Waals surface area contributed by atoms with Crippen LogP contribution in [0.2, 0.25) is 5.28 Å². The van der Waals surface area contributed by atoms with E-state index in [2.05, 4.69) is 38.8 Å². The molecular weight excluding hydrogens is 408 g/mol. The molecule has 0 bridgehead atoms. The van der Waals surface area contributed by atoms with Crippen LogP contribution in [0.15, 0.2) is 24.3 Å². The van der Waals surface area contributed by atoms with Gasteiger partial charge in [-0.2, -0.15) is 4.98 Å². The summed E-state index contributed by atoms with van der Waals surface area (Å²) in [4.78, 5) is 15.8. The van der Waals surface area contributed by atoms with Crippen molar-refractivity contribution in [3.05, 3.63) is 34.4 Å². The van der Waals surface area contributed by atoms with E-state index in [9.17, 15) is 5.11 Å². The summed E-state index contributed by atoms with van der Waals surface area (Å²) in [5, 5.41) is 10.5. The minimum atomic E-state index is 0.190. The lowest BCUT2D eigenvalue weighted by molar-refractivity contribution is 0.188. The zero-order valence-corrected chi connectivity index (χ0v) is 18.3. The van der Waals surface area contributed by atoms with Crippen molar-refractivity contribution in [1.82, 2.24) is 14.9 Å². The van der Waals surface area contributed by atoms with Gasteiger partial charge in [0.05, 0.1) is 18.6 Å². The molecule has 1 N–H and O–H groups in total. The first-order chi connectivity index (χ1) is 14.1. The molecule has 1 fully saturated rings. The highest BCUT2D eigenvalue weighted by molar-refractivity contribution is 7.19. The zero-order valence-electron chi connectivity index (χ0n) is 16.7. The van der Waals surface area contributed by atoms with Crippen molar-refractivity contribution in [1.29, 1.82) is 0 Å². The van der Waals surface area contributed by atoms with Crippen molar-refractivity contribution in [2.75, 3.05) is 50.8 Å². The SMILES string of the molecule is CCOc1ccc(-c2c(C)sc3nc(Cl)nc(N4CCN(CCO)CC4)c23)cc1. The van der Waals surface area contributed by atoms with Gasteiger partial charge < -0.3 is 14.7 Å². The number of fused-ring (bicyclic) bond motifs is 1. The van der Waals surface area contributed by atoms with Crippen LogP contribution in [0.25, 0.3) is 21.3 Å². The van der Waals surface area contributed by atoms with Gasteiger partial charge in [0.2, 0.25) is 5.28 Å². The van der Waals surface area contributed by atoms with E-state index in [1.165, 1.54) is 4.88 Å². The molecule has 1 aliphatic rings. The molecule has 0 atom stereocenters. The molecule has 6 nitrogen and oxygen atoms in total. The lowest BCUT2D eigenvalue weighted by Crippen LogP contribution is -2.47. The van der Waals surface area contributed by atoms with E-state index in [1.807, 2.05) is 19.1 Å². The summed E-state index contributed by atoms with van der Waals surface area (Å²) in [6, 6.07) is 8.20. The van der Waals surface area contributed by atoms with Crippen molar-refractivity contribution in [3.8, 4) is 16.9 Å². The summed E-state index contributed by atoms with van der Waals surface area (Å²) in [5.74, 6) is 1.77. The number of β-amino-alcohol motifs (C(OH)–C–C–N with tert-alkyl or cyclic N) is 1. The molecule has 0 radical (unpaired) electrons. The lowest BCUT2D eigenvalue weighted by Gasteiger charge is -2.35. The number of halogens is 1. The molecule has 0 aliphatic carbocycles. The average molecular weight is 433 g/mol. The van der Waals surface area contributed by atoms with E-state index in [4.69, 9.17) is 16.3 Å². The molecule has 2 aromatic heterocycles. The normalized spacial score (nSPS) is 15.2. The van der Waals surface area contributed by atoms with E-state index < -0.39 is 0 Å². The first-order valence-electron chi connectivity index (χ1n) is 9.88. The number of aromatic nitrogens is 2. The van der Waals surface area contributed by atoms with Gasteiger partial charge in [-0.25, -0.2) is 4.98 Å². The Kier molecular flexibility index (Phi) is 6.20. The quantitative estimate of drug-likeness (QED) is 0.597. The Hall–Kier alpha value is -1.93. The van der Waals surface area contributed by atoms with Gasteiger partial charge in [0.1, 0.15) is 16.4 Å². The Morgan fingerprint density at radius 1 is 1.14 bits per heavy atom. The maximum absolute atomic E-state index is 9.20. The van der Waals surface area contributed by atoms with Gasteiger partial charge in [0.25, 0.3) is 0 Å². The third-order valence-electron chi connectivity index (χ3n) is 5.22. The molecule has 0 unspecified atom stereocenters. The molecule has 154 valence electrons. The van der Waals surface area contributed by atoms with Crippen LogP contribution >= 0.6 is 22.9 Å². The van der Waals surface area contributed by atoms with Crippen molar-refractivity contribution in [2.24, 2.45) is 0 Å². The largest absolute Gasteiger partial charge is 0.494 e. The third-order valence-corrected chi connectivity index (χ3v) is 6.39. The van der Waals surface area contributed by atoms with Gasteiger partial charge >= 0.3 is 0 Å². The Labute approximate surface area is 179 Å². The third kappa shape index (κ3) is 4.19. The number of rotatable bonds is 6. The monoisotopic (exact) mass is 432 g/mol. The lowest BCUT2D eigenvalue weighted by atomic mass is 10.0. The summed E-state index contributed by atoms with van der Waals surface area (Å²) in [5.41, 5.74) is 2.29. The van der Waals surface area contributed by atoms with Gasteiger partial charge in [-0.1, -0.05) is 12.1 Å². The molecule has 4 rings (SSSR count). The van der Waals surface area contributed by atoms with Crippen molar-refractivity contribution in [2.45, 2.75) is 13.8 Å². The zero-order chi connectivity index (χ0) is 20.4. The molecule has 3 heterocycles. The first kappa shape index (κ1) is 20.3. The highest BCUT2D eigenvalue weighted by atomic mass is 35.5. The average Bonchev–Trinajstić information content (AvgIpc) is 3.04. The van der Waals surface area contributed by atoms with E-state index in [1.54, 1.807) is 11.3 Å². The van der Waals surface area contributed by atoms with Crippen LogP contribution in [-0.2, 0) is 0 Å². The molecule has 0 spiro atoms. The maximum atomic E-state index is 9.20. The number of nitrogens with zero attached hydrogens (tertiary/aromatic N) is 4. The van der Waals surface area contributed by atoms with Gasteiger partial charge in [0, 0.05) is 43.2 Å². The molecule has 29 heavy (non-hydrogen) atoms.